The lowest BCUT2D eigenvalue weighted by Crippen LogP contribution is -2.66. The fourth-order valence-electron chi connectivity index (χ4n) is 10.7. The van der Waals surface area contributed by atoms with Crippen LogP contribution in [0.3, 0.4) is 0 Å². The zero-order valence-electron chi connectivity index (χ0n) is 31.5. The molecule has 2 heterocycles. The van der Waals surface area contributed by atoms with Gasteiger partial charge in [0.15, 0.2) is 9.84 Å². The van der Waals surface area contributed by atoms with Crippen LogP contribution in [0, 0.1) is 28.6 Å². The number of sulfone groups is 1. The van der Waals surface area contributed by atoms with Crippen molar-refractivity contribution in [3.8, 4) is 0 Å². The van der Waals surface area contributed by atoms with E-state index in [-0.39, 0.29) is 35.0 Å². The van der Waals surface area contributed by atoms with Gasteiger partial charge >= 0.3 is 6.03 Å². The van der Waals surface area contributed by atoms with E-state index in [1.54, 1.807) is 4.90 Å². The number of likely N-dealkylation sites (tertiary alicyclic amines) is 1. The minimum Gasteiger partial charge on any atom is -0.347 e. The van der Waals surface area contributed by atoms with Crippen LogP contribution in [0.5, 0.6) is 0 Å². The molecule has 2 saturated heterocycles. The molecule has 2 aliphatic heterocycles. The van der Waals surface area contributed by atoms with Crippen LogP contribution in [-0.2, 0) is 29.0 Å². The van der Waals surface area contributed by atoms with Gasteiger partial charge in [-0.15, -0.1) is 0 Å². The molecule has 6 atom stereocenters. The first kappa shape index (κ1) is 37.6. The van der Waals surface area contributed by atoms with Gasteiger partial charge in [-0.1, -0.05) is 72.1 Å². The van der Waals surface area contributed by atoms with Gasteiger partial charge in [-0.2, -0.15) is 0 Å². The monoisotopic (exact) mass is 743 g/mol. The van der Waals surface area contributed by atoms with Gasteiger partial charge in [-0.3, -0.25) is 19.2 Å². The Balaban J connectivity index is 1.12. The molecule has 0 spiro atoms. The number of ketones is 1. The molecule has 290 valence electrons. The van der Waals surface area contributed by atoms with Crippen LogP contribution in [0.1, 0.15) is 136 Å². The summed E-state index contributed by atoms with van der Waals surface area (Å²) in [6.45, 7) is 6.64. The molecule has 0 radical (unpaired) electrons. The highest BCUT2D eigenvalue weighted by Gasteiger charge is 2.70. The summed E-state index contributed by atoms with van der Waals surface area (Å²) in [5.41, 5.74) is -1.60. The summed E-state index contributed by atoms with van der Waals surface area (Å²) in [5, 5.41) is 11.4. The Bertz CT molecular complexity index is 1540. The maximum absolute atomic E-state index is 15.0. The summed E-state index contributed by atoms with van der Waals surface area (Å²) >= 11 is 0. The lowest BCUT2D eigenvalue weighted by molar-refractivity contribution is -0.146. The number of nitrogens with zero attached hydrogens (tertiary/aromatic N) is 1. The number of piperidine rings is 1. The highest BCUT2D eigenvalue weighted by atomic mass is 32.2. The molecule has 0 aromatic heterocycles. The van der Waals surface area contributed by atoms with Crippen LogP contribution >= 0.6 is 0 Å². The van der Waals surface area contributed by atoms with Crippen LogP contribution in [-0.4, -0.2) is 90.1 Å². The van der Waals surface area contributed by atoms with Crippen molar-refractivity contribution in [3.63, 3.8) is 0 Å². The van der Waals surface area contributed by atoms with Crippen molar-refractivity contribution >= 4 is 39.4 Å². The van der Waals surface area contributed by atoms with Crippen molar-refractivity contribution in [2.75, 3.05) is 12.3 Å². The van der Waals surface area contributed by atoms with E-state index in [4.69, 9.17) is 0 Å². The van der Waals surface area contributed by atoms with E-state index in [9.17, 15) is 32.4 Å². The van der Waals surface area contributed by atoms with Crippen LogP contribution in [0.25, 0.3) is 0 Å². The molecule has 7 aliphatic rings. The van der Waals surface area contributed by atoms with Crippen molar-refractivity contribution in [3.05, 3.63) is 0 Å². The Kier molecular flexibility index (Phi) is 10.3. The first-order valence-electron chi connectivity index (χ1n) is 20.4. The summed E-state index contributed by atoms with van der Waals surface area (Å²) in [7, 11) is -3.35. The highest BCUT2D eigenvalue weighted by molar-refractivity contribution is 7.92. The third-order valence-corrected chi connectivity index (χ3v) is 16.8. The van der Waals surface area contributed by atoms with E-state index in [0.29, 0.717) is 44.6 Å². The van der Waals surface area contributed by atoms with E-state index < -0.39 is 67.8 Å². The smallest absolute Gasteiger partial charge is 0.315 e. The average Bonchev–Trinajstić information content (AvgIpc) is 4.07. The zero-order valence-corrected chi connectivity index (χ0v) is 32.3. The van der Waals surface area contributed by atoms with Gasteiger partial charge in [0, 0.05) is 12.6 Å². The van der Waals surface area contributed by atoms with Gasteiger partial charge in [0.25, 0.3) is 5.91 Å². The fraction of sp³-hybridized carbons (Fsp3) is 0.872. The molecule has 7 fully saturated rings. The number of Topliss-reactive ketones (excluding diaryl/α,β-unsaturated/α-hetero) is 1. The Morgan fingerprint density at radius 2 is 1.46 bits per heavy atom. The molecular weight excluding hydrogens is 683 g/mol. The number of urea groups is 1. The number of rotatable bonds is 13. The van der Waals surface area contributed by atoms with Crippen LogP contribution < -0.4 is 21.3 Å². The van der Waals surface area contributed by atoms with Gasteiger partial charge in [-0.05, 0) is 92.8 Å². The molecule has 5 amide bonds. The normalized spacial score (nSPS) is 32.1. The number of nitrogens with one attached hydrogen (secondary N) is 4. The van der Waals surface area contributed by atoms with E-state index in [1.807, 2.05) is 6.92 Å². The van der Waals surface area contributed by atoms with Gasteiger partial charge < -0.3 is 26.2 Å². The molecule has 52 heavy (non-hydrogen) atoms. The van der Waals surface area contributed by atoms with Crippen LogP contribution in [0.4, 0.5) is 4.79 Å². The lowest BCUT2D eigenvalue weighted by atomic mass is 9.70. The third kappa shape index (κ3) is 7.50. The Morgan fingerprint density at radius 1 is 0.808 bits per heavy atom. The molecule has 5 aliphatic carbocycles. The van der Waals surface area contributed by atoms with E-state index in [0.717, 1.165) is 83.5 Å². The SMILES string of the molecule is CC1([C@H](NC(=O)NC2(C3CCCS3(=O)=O)CCCCC2)C(=O)N2C[C@H]3[C@@H]([C@H]2C(=O)NC(CCC2CC2)C(=O)C(=O)NC2CC2)C3(C)C)CCCCC1. The number of fused-ring (bicyclic) bond motifs is 1. The van der Waals surface area contributed by atoms with Gasteiger partial charge in [0.2, 0.25) is 17.6 Å². The highest BCUT2D eigenvalue weighted by Crippen LogP contribution is 2.65. The van der Waals surface area contributed by atoms with Gasteiger partial charge in [-0.25, -0.2) is 13.2 Å². The van der Waals surface area contributed by atoms with Crippen molar-refractivity contribution in [1.29, 1.82) is 0 Å². The predicted molar refractivity (Wildman–Crippen MR) is 196 cm³/mol. The first-order valence-corrected chi connectivity index (χ1v) is 22.1. The number of hydrogen-bond donors (Lipinski definition) is 4. The predicted octanol–water partition coefficient (Wildman–Crippen LogP) is 3.91. The maximum atomic E-state index is 15.0. The van der Waals surface area contributed by atoms with Crippen molar-refractivity contribution in [1.82, 2.24) is 26.2 Å². The largest absolute Gasteiger partial charge is 0.347 e. The van der Waals surface area contributed by atoms with Crippen molar-refractivity contribution in [2.45, 2.75) is 171 Å². The Morgan fingerprint density at radius 3 is 2.06 bits per heavy atom. The number of carbonyl (C=O) groups excluding carboxylic acids is 5. The second-order valence-corrected chi connectivity index (χ2v) is 20.8. The molecular formula is C39H61N5O7S. The Labute approximate surface area is 309 Å². The first-order chi connectivity index (χ1) is 24.7. The molecule has 12 nitrogen and oxygen atoms in total. The van der Waals surface area contributed by atoms with Crippen LogP contribution in [0.2, 0.25) is 0 Å². The molecule has 5 saturated carbocycles. The fourth-order valence-corrected chi connectivity index (χ4v) is 13.0. The summed E-state index contributed by atoms with van der Waals surface area (Å²) in [6.07, 6.45) is 14.3. The molecule has 4 N–H and O–H groups in total. The topological polar surface area (TPSA) is 171 Å². The van der Waals surface area contributed by atoms with Gasteiger partial charge in [0.1, 0.15) is 12.1 Å². The molecule has 7 rings (SSSR count). The minimum atomic E-state index is -3.35. The summed E-state index contributed by atoms with van der Waals surface area (Å²) in [5.74, 6) is -1.38. The lowest BCUT2D eigenvalue weighted by Gasteiger charge is -2.45. The summed E-state index contributed by atoms with van der Waals surface area (Å²) in [6, 6.07) is -3.21. The second-order valence-electron chi connectivity index (χ2n) is 18.5. The van der Waals surface area contributed by atoms with E-state index in [1.165, 1.54) is 0 Å². The molecule has 13 heteroatoms. The Hall–Kier alpha value is -2.70. The molecule has 0 aromatic rings. The molecule has 0 aromatic carbocycles. The molecule has 0 bridgehead atoms. The summed E-state index contributed by atoms with van der Waals surface area (Å²) < 4.78 is 26.4. The van der Waals surface area contributed by atoms with E-state index in [2.05, 4.69) is 35.1 Å². The zero-order chi connectivity index (χ0) is 37.1. The molecule has 2 unspecified atom stereocenters. The standard InChI is InChI=1S/C39H61N5O7S/c1-37(2)26-23-44(30(29(26)37)33(46)41-27(17-14-24-12-13-24)31(45)34(47)40-25-15-16-25)35(48)32(38(3)18-6-4-7-19-38)42-36(49)43-39(20-8-5-9-21-39)28-11-10-22-52(28,50)51/h24-30,32H,4-23H2,1-3H3,(H,40,47)(H,41,46)(H2,42,43,49)/t26-,27?,28?,29-,30-,32+/m0/s1. The summed E-state index contributed by atoms with van der Waals surface area (Å²) in [4.78, 5) is 71.4. The van der Waals surface area contributed by atoms with Gasteiger partial charge in [0.05, 0.1) is 22.6 Å². The third-order valence-electron chi connectivity index (χ3n) is 14.4. The van der Waals surface area contributed by atoms with Crippen LogP contribution in [0.15, 0.2) is 0 Å². The number of amides is 5. The quantitative estimate of drug-likeness (QED) is 0.207. The number of hydrogen-bond acceptors (Lipinski definition) is 7. The number of carbonyl (C=O) groups is 5. The second kappa shape index (κ2) is 14.2. The van der Waals surface area contributed by atoms with E-state index >= 15 is 0 Å². The average molecular weight is 744 g/mol. The maximum Gasteiger partial charge on any atom is 0.315 e. The van der Waals surface area contributed by atoms with Crippen molar-refractivity contribution in [2.24, 2.45) is 28.6 Å². The van der Waals surface area contributed by atoms with Crippen molar-refractivity contribution < 1.29 is 32.4 Å². The minimum absolute atomic E-state index is 0.0190.